The molecule has 0 spiro atoms. The number of carbonyl (C=O) groups is 1. The number of fused-ring (bicyclic) bond motifs is 1. The van der Waals surface area contributed by atoms with Gasteiger partial charge >= 0.3 is 12.2 Å². The highest BCUT2D eigenvalue weighted by atomic mass is 19.4. The molecule has 1 amide bonds. The van der Waals surface area contributed by atoms with Crippen molar-refractivity contribution in [3.8, 4) is 23.7 Å². The van der Waals surface area contributed by atoms with Crippen LogP contribution in [0.1, 0.15) is 40.0 Å². The molecule has 2 aromatic heterocycles. The molecule has 2 unspecified atom stereocenters. The van der Waals surface area contributed by atoms with Crippen LogP contribution in [0.5, 0.6) is 23.7 Å². The zero-order valence-corrected chi connectivity index (χ0v) is 28.6. The van der Waals surface area contributed by atoms with Crippen LogP contribution in [-0.4, -0.2) is 119 Å². The number of rotatable bonds is 12. The molecule has 2 aliphatic rings. The van der Waals surface area contributed by atoms with Crippen molar-refractivity contribution in [2.45, 2.75) is 37.6 Å². The average molecular weight is 708 g/mol. The molecule has 2 fully saturated rings. The SMILES string of the molecule is CCOc1nc(OC)c(CN2CC3CN(C(=O)c4nccnc4OC)CCN3C(C(c3ccccc3)c3ccccc3)C2)c(OCC(F)(F)F)n1. The summed E-state index contributed by atoms with van der Waals surface area (Å²) in [6, 6.07) is 20.1. The molecule has 12 nitrogen and oxygen atoms in total. The van der Waals surface area contributed by atoms with E-state index in [1.54, 1.807) is 11.8 Å². The Kier molecular flexibility index (Phi) is 11.2. The molecule has 2 aliphatic heterocycles. The van der Waals surface area contributed by atoms with Crippen LogP contribution in [0, 0.1) is 0 Å². The van der Waals surface area contributed by atoms with Gasteiger partial charge in [-0.2, -0.15) is 23.1 Å². The van der Waals surface area contributed by atoms with Crippen molar-refractivity contribution in [2.24, 2.45) is 0 Å². The first kappa shape index (κ1) is 35.8. The van der Waals surface area contributed by atoms with Crippen molar-refractivity contribution in [2.75, 3.05) is 60.2 Å². The van der Waals surface area contributed by atoms with Gasteiger partial charge in [-0.3, -0.25) is 14.6 Å². The molecule has 0 aliphatic carbocycles. The second-order valence-electron chi connectivity index (χ2n) is 12.3. The van der Waals surface area contributed by atoms with Crippen LogP contribution >= 0.6 is 0 Å². The number of benzene rings is 2. The van der Waals surface area contributed by atoms with Crippen LogP contribution in [0.25, 0.3) is 0 Å². The van der Waals surface area contributed by atoms with Crippen LogP contribution in [-0.2, 0) is 6.54 Å². The van der Waals surface area contributed by atoms with Gasteiger partial charge in [-0.05, 0) is 18.1 Å². The summed E-state index contributed by atoms with van der Waals surface area (Å²) < 4.78 is 61.8. The van der Waals surface area contributed by atoms with Gasteiger partial charge in [-0.25, -0.2) is 9.97 Å². The minimum Gasteiger partial charge on any atom is -0.481 e. The number of hydrogen-bond acceptors (Lipinski definition) is 11. The average Bonchev–Trinajstić information content (AvgIpc) is 3.14. The number of halogens is 3. The zero-order valence-electron chi connectivity index (χ0n) is 28.6. The molecule has 0 saturated carbocycles. The highest BCUT2D eigenvalue weighted by Gasteiger charge is 2.44. The standard InChI is InChI=1S/C36H40F3N7O5/c1-4-50-35-42-31(48-2)27(32(43-35)51-23-36(37,38)39)21-44-19-26-20-45(34(47)30-33(49-3)41-16-15-40-30)17-18-46(26)28(22-44)29(24-11-7-5-8-12-24)25-13-9-6-10-14-25/h5-16,26,28-29H,4,17-23H2,1-3H3. The van der Waals surface area contributed by atoms with Gasteiger partial charge in [0.25, 0.3) is 5.91 Å². The molecule has 4 heterocycles. The third-order valence-corrected chi connectivity index (χ3v) is 9.05. The lowest BCUT2D eigenvalue weighted by molar-refractivity contribution is -0.154. The first-order valence-corrected chi connectivity index (χ1v) is 16.7. The van der Waals surface area contributed by atoms with Crippen LogP contribution in [0.3, 0.4) is 0 Å². The largest absolute Gasteiger partial charge is 0.481 e. The smallest absolute Gasteiger partial charge is 0.422 e. The number of nitrogens with zero attached hydrogens (tertiary/aromatic N) is 7. The highest BCUT2D eigenvalue weighted by Crippen LogP contribution is 2.38. The fourth-order valence-corrected chi connectivity index (χ4v) is 6.97. The van der Waals surface area contributed by atoms with Crippen molar-refractivity contribution in [1.82, 2.24) is 34.6 Å². The summed E-state index contributed by atoms with van der Waals surface area (Å²) in [7, 11) is 2.84. The summed E-state index contributed by atoms with van der Waals surface area (Å²) in [6.45, 7) is 2.91. The molecule has 6 rings (SSSR count). The van der Waals surface area contributed by atoms with Crippen molar-refractivity contribution in [3.05, 3.63) is 95.4 Å². The number of carbonyl (C=O) groups excluding carboxylic acids is 1. The highest BCUT2D eigenvalue weighted by molar-refractivity contribution is 5.94. The maximum Gasteiger partial charge on any atom is 0.422 e. The Hall–Kier alpha value is -5.02. The number of ether oxygens (including phenoxy) is 4. The summed E-state index contributed by atoms with van der Waals surface area (Å²) in [5.41, 5.74) is 2.63. The molecular formula is C36H40F3N7O5. The van der Waals surface area contributed by atoms with Gasteiger partial charge in [0.1, 0.15) is 0 Å². The summed E-state index contributed by atoms with van der Waals surface area (Å²) in [4.78, 5) is 37.1. The number of methoxy groups -OCH3 is 2. The molecular weight excluding hydrogens is 667 g/mol. The van der Waals surface area contributed by atoms with E-state index in [4.69, 9.17) is 18.9 Å². The third-order valence-electron chi connectivity index (χ3n) is 9.05. The number of hydrogen-bond donors (Lipinski definition) is 0. The van der Waals surface area contributed by atoms with E-state index in [0.29, 0.717) is 32.7 Å². The molecule has 270 valence electrons. The van der Waals surface area contributed by atoms with E-state index in [0.717, 1.165) is 11.1 Å². The van der Waals surface area contributed by atoms with Gasteiger partial charge in [-0.1, -0.05) is 60.7 Å². The van der Waals surface area contributed by atoms with Gasteiger partial charge in [0, 0.05) is 69.7 Å². The molecule has 4 aromatic rings. The molecule has 0 N–H and O–H groups in total. The minimum absolute atomic E-state index is 0.0578. The molecule has 15 heteroatoms. The Labute approximate surface area is 294 Å². The van der Waals surface area contributed by atoms with E-state index in [-0.39, 0.29) is 72.0 Å². The quantitative estimate of drug-likeness (QED) is 0.208. The minimum atomic E-state index is -4.60. The topological polar surface area (TPSA) is 115 Å². The van der Waals surface area contributed by atoms with Crippen LogP contribution < -0.4 is 18.9 Å². The van der Waals surface area contributed by atoms with Crippen LogP contribution in [0.4, 0.5) is 13.2 Å². The van der Waals surface area contributed by atoms with Crippen molar-refractivity contribution in [1.29, 1.82) is 0 Å². The normalized spacial score (nSPS) is 18.3. The second-order valence-corrected chi connectivity index (χ2v) is 12.3. The van der Waals surface area contributed by atoms with Crippen molar-refractivity contribution < 1.29 is 36.9 Å². The van der Waals surface area contributed by atoms with Gasteiger partial charge in [0.2, 0.25) is 17.6 Å². The number of amides is 1. The Balaban J connectivity index is 1.38. The molecule has 2 atom stereocenters. The summed E-state index contributed by atoms with van der Waals surface area (Å²) in [6.07, 6.45) is -1.67. The van der Waals surface area contributed by atoms with E-state index in [1.807, 2.05) is 36.4 Å². The lowest BCUT2D eigenvalue weighted by atomic mass is 9.81. The van der Waals surface area contributed by atoms with E-state index in [1.165, 1.54) is 26.6 Å². The Bertz CT molecular complexity index is 1730. The summed E-state index contributed by atoms with van der Waals surface area (Å²) in [5.74, 6) is -0.419. The Morgan fingerprint density at radius 1 is 0.843 bits per heavy atom. The molecule has 2 aromatic carbocycles. The third kappa shape index (κ3) is 8.31. The van der Waals surface area contributed by atoms with E-state index >= 15 is 0 Å². The predicted molar refractivity (Wildman–Crippen MR) is 180 cm³/mol. The number of alkyl halides is 3. The van der Waals surface area contributed by atoms with E-state index in [2.05, 4.69) is 54.0 Å². The number of piperazine rings is 2. The molecule has 0 bridgehead atoms. The summed E-state index contributed by atoms with van der Waals surface area (Å²) in [5, 5.41) is 0. The van der Waals surface area contributed by atoms with Gasteiger partial charge in [-0.15, -0.1) is 0 Å². The van der Waals surface area contributed by atoms with Gasteiger partial charge in [0.15, 0.2) is 12.3 Å². The lowest BCUT2D eigenvalue weighted by Crippen LogP contribution is -2.67. The second kappa shape index (κ2) is 15.9. The van der Waals surface area contributed by atoms with Gasteiger partial charge in [0.05, 0.1) is 26.4 Å². The van der Waals surface area contributed by atoms with Crippen molar-refractivity contribution in [3.63, 3.8) is 0 Å². The van der Waals surface area contributed by atoms with Crippen LogP contribution in [0.15, 0.2) is 73.1 Å². The predicted octanol–water partition coefficient (Wildman–Crippen LogP) is 4.47. The number of aromatic nitrogens is 4. The molecule has 0 radical (unpaired) electrons. The first-order chi connectivity index (χ1) is 24.7. The van der Waals surface area contributed by atoms with Crippen LogP contribution in [0.2, 0.25) is 0 Å². The zero-order chi connectivity index (χ0) is 36.0. The Morgan fingerprint density at radius 3 is 2.12 bits per heavy atom. The lowest BCUT2D eigenvalue weighted by Gasteiger charge is -2.53. The first-order valence-electron chi connectivity index (χ1n) is 16.7. The Morgan fingerprint density at radius 2 is 1.49 bits per heavy atom. The molecule has 2 saturated heterocycles. The fraction of sp³-hybridized carbons (Fsp3) is 0.417. The fourth-order valence-electron chi connectivity index (χ4n) is 6.97. The monoisotopic (exact) mass is 707 g/mol. The van der Waals surface area contributed by atoms with Gasteiger partial charge < -0.3 is 23.8 Å². The maximum absolute atomic E-state index is 13.8. The summed E-state index contributed by atoms with van der Waals surface area (Å²) >= 11 is 0. The van der Waals surface area contributed by atoms with E-state index in [9.17, 15) is 18.0 Å². The maximum atomic E-state index is 13.8. The van der Waals surface area contributed by atoms with E-state index < -0.39 is 12.8 Å². The van der Waals surface area contributed by atoms with Crippen molar-refractivity contribution >= 4 is 5.91 Å². The molecule has 51 heavy (non-hydrogen) atoms.